The number of esters is 1. The maximum absolute atomic E-state index is 11.5. The molecule has 0 bridgehead atoms. The molecule has 1 atom stereocenters. The number of rotatable bonds is 4. The third-order valence-electron chi connectivity index (χ3n) is 2.81. The van der Waals surface area contributed by atoms with E-state index in [1.54, 1.807) is 31.3 Å². The Morgan fingerprint density at radius 2 is 2.26 bits per heavy atom. The van der Waals surface area contributed by atoms with Crippen molar-refractivity contribution in [3.63, 3.8) is 0 Å². The fraction of sp³-hybridized carbons (Fsp3) is 0.200. The molecule has 0 saturated carbocycles. The molecule has 4 nitrogen and oxygen atoms in total. The van der Waals surface area contributed by atoms with E-state index in [1.165, 1.54) is 0 Å². The van der Waals surface area contributed by atoms with Crippen LogP contribution < -0.4 is 0 Å². The maximum Gasteiger partial charge on any atom is 0.336 e. The summed E-state index contributed by atoms with van der Waals surface area (Å²) >= 11 is 0. The van der Waals surface area contributed by atoms with Crippen molar-refractivity contribution in [2.75, 3.05) is 6.61 Å². The highest BCUT2D eigenvalue weighted by molar-refractivity contribution is 5.89. The molecule has 0 fully saturated rings. The SMILES string of the molecule is C=C(C(=O)OCC)C(O)c1ccc2ncccc2c1. The predicted molar refractivity (Wildman–Crippen MR) is 72.5 cm³/mol. The fourth-order valence-corrected chi connectivity index (χ4v) is 1.80. The third kappa shape index (κ3) is 2.80. The summed E-state index contributed by atoms with van der Waals surface area (Å²) in [5.74, 6) is -0.582. The molecule has 0 aliphatic rings. The summed E-state index contributed by atoms with van der Waals surface area (Å²) in [5, 5.41) is 11.0. The Bertz CT molecular complexity index is 622. The average Bonchev–Trinajstić information content (AvgIpc) is 2.45. The van der Waals surface area contributed by atoms with Crippen molar-refractivity contribution in [1.82, 2.24) is 4.98 Å². The van der Waals surface area contributed by atoms with Crippen LogP contribution in [0.5, 0.6) is 0 Å². The number of benzene rings is 1. The predicted octanol–water partition coefficient (Wildman–Crippen LogP) is 2.39. The standard InChI is InChI=1S/C15H15NO3/c1-3-19-15(18)10(2)14(17)12-6-7-13-11(9-12)5-4-8-16-13/h4-9,14,17H,2-3H2,1H3. The number of aliphatic hydroxyl groups excluding tert-OH is 1. The smallest absolute Gasteiger partial charge is 0.336 e. The first-order chi connectivity index (χ1) is 9.13. The third-order valence-corrected chi connectivity index (χ3v) is 2.81. The summed E-state index contributed by atoms with van der Waals surface area (Å²) in [5.41, 5.74) is 1.46. The van der Waals surface area contributed by atoms with E-state index < -0.39 is 12.1 Å². The van der Waals surface area contributed by atoms with Crippen molar-refractivity contribution < 1.29 is 14.6 Å². The summed E-state index contributed by atoms with van der Waals surface area (Å²) in [4.78, 5) is 15.7. The second-order valence-electron chi connectivity index (χ2n) is 4.10. The minimum atomic E-state index is -1.07. The van der Waals surface area contributed by atoms with Crippen LogP contribution in [0.15, 0.2) is 48.7 Å². The fourth-order valence-electron chi connectivity index (χ4n) is 1.80. The quantitative estimate of drug-likeness (QED) is 0.675. The van der Waals surface area contributed by atoms with Gasteiger partial charge in [-0.2, -0.15) is 0 Å². The van der Waals surface area contributed by atoms with E-state index in [2.05, 4.69) is 11.6 Å². The van der Waals surface area contributed by atoms with E-state index in [4.69, 9.17) is 4.74 Å². The molecule has 0 aliphatic carbocycles. The van der Waals surface area contributed by atoms with E-state index in [-0.39, 0.29) is 12.2 Å². The van der Waals surface area contributed by atoms with Crippen LogP contribution >= 0.6 is 0 Å². The zero-order chi connectivity index (χ0) is 13.8. The van der Waals surface area contributed by atoms with Gasteiger partial charge in [0.1, 0.15) is 6.10 Å². The number of carbonyl (C=O) groups excluding carboxylic acids is 1. The van der Waals surface area contributed by atoms with Gasteiger partial charge in [-0.3, -0.25) is 4.98 Å². The Hall–Kier alpha value is -2.20. The first kappa shape index (κ1) is 13.2. The van der Waals surface area contributed by atoms with Crippen molar-refractivity contribution >= 4 is 16.9 Å². The first-order valence-electron chi connectivity index (χ1n) is 6.02. The number of fused-ring (bicyclic) bond motifs is 1. The molecule has 1 aromatic heterocycles. The van der Waals surface area contributed by atoms with Crippen LogP contribution in [0.4, 0.5) is 0 Å². The highest BCUT2D eigenvalue weighted by atomic mass is 16.5. The molecule has 0 spiro atoms. The molecule has 1 N–H and O–H groups in total. The number of carbonyl (C=O) groups is 1. The molecule has 1 unspecified atom stereocenters. The average molecular weight is 257 g/mol. The number of aromatic nitrogens is 1. The Morgan fingerprint density at radius 3 is 3.00 bits per heavy atom. The lowest BCUT2D eigenvalue weighted by Crippen LogP contribution is -2.13. The lowest BCUT2D eigenvalue weighted by Gasteiger charge is -2.13. The number of ether oxygens (including phenoxy) is 1. The van der Waals surface area contributed by atoms with E-state index in [0.717, 1.165) is 10.9 Å². The highest BCUT2D eigenvalue weighted by Gasteiger charge is 2.19. The summed E-state index contributed by atoms with van der Waals surface area (Å²) in [6.45, 7) is 5.55. The second kappa shape index (κ2) is 5.63. The summed E-state index contributed by atoms with van der Waals surface area (Å²) in [6, 6.07) is 9.03. The topological polar surface area (TPSA) is 59.4 Å². The highest BCUT2D eigenvalue weighted by Crippen LogP contribution is 2.24. The van der Waals surface area contributed by atoms with Gasteiger partial charge in [0.25, 0.3) is 0 Å². The number of aliphatic hydroxyl groups is 1. The molecule has 1 aromatic carbocycles. The van der Waals surface area contributed by atoms with Crippen LogP contribution in [0, 0.1) is 0 Å². The summed E-state index contributed by atoms with van der Waals surface area (Å²) in [6.07, 6.45) is 0.638. The molecular weight excluding hydrogens is 242 g/mol. The molecule has 4 heteroatoms. The van der Waals surface area contributed by atoms with Crippen LogP contribution in [-0.2, 0) is 9.53 Å². The van der Waals surface area contributed by atoms with Crippen LogP contribution in [0.3, 0.4) is 0 Å². The monoisotopic (exact) mass is 257 g/mol. The maximum atomic E-state index is 11.5. The molecule has 19 heavy (non-hydrogen) atoms. The van der Waals surface area contributed by atoms with Gasteiger partial charge in [0.05, 0.1) is 17.7 Å². The largest absolute Gasteiger partial charge is 0.463 e. The van der Waals surface area contributed by atoms with Crippen LogP contribution in [0.2, 0.25) is 0 Å². The van der Waals surface area contributed by atoms with Crippen LogP contribution in [0.1, 0.15) is 18.6 Å². The minimum Gasteiger partial charge on any atom is -0.463 e. The minimum absolute atomic E-state index is 0.0325. The number of pyridine rings is 1. The van der Waals surface area contributed by atoms with Crippen molar-refractivity contribution in [3.05, 3.63) is 54.2 Å². The van der Waals surface area contributed by atoms with E-state index >= 15 is 0 Å². The van der Waals surface area contributed by atoms with Crippen molar-refractivity contribution in [3.8, 4) is 0 Å². The Balaban J connectivity index is 2.28. The zero-order valence-corrected chi connectivity index (χ0v) is 10.7. The molecule has 0 aliphatic heterocycles. The van der Waals surface area contributed by atoms with Gasteiger partial charge >= 0.3 is 5.97 Å². The Kier molecular flexibility index (Phi) is 3.92. The van der Waals surface area contributed by atoms with E-state index in [0.29, 0.717) is 5.56 Å². The Labute approximate surface area is 111 Å². The van der Waals surface area contributed by atoms with Crippen molar-refractivity contribution in [1.29, 1.82) is 0 Å². The molecule has 98 valence electrons. The van der Waals surface area contributed by atoms with Gasteiger partial charge in [0, 0.05) is 11.6 Å². The molecule has 1 heterocycles. The van der Waals surface area contributed by atoms with E-state index in [9.17, 15) is 9.90 Å². The molecule has 0 amide bonds. The van der Waals surface area contributed by atoms with Crippen LogP contribution in [-0.4, -0.2) is 22.7 Å². The van der Waals surface area contributed by atoms with Gasteiger partial charge in [0.2, 0.25) is 0 Å². The number of hydrogen-bond donors (Lipinski definition) is 1. The Morgan fingerprint density at radius 1 is 1.47 bits per heavy atom. The first-order valence-corrected chi connectivity index (χ1v) is 6.02. The van der Waals surface area contributed by atoms with Gasteiger partial charge in [-0.1, -0.05) is 18.7 Å². The van der Waals surface area contributed by atoms with Gasteiger partial charge in [-0.25, -0.2) is 4.79 Å². The van der Waals surface area contributed by atoms with Gasteiger partial charge in [0.15, 0.2) is 0 Å². The normalized spacial score (nSPS) is 12.1. The molecule has 2 rings (SSSR count). The van der Waals surface area contributed by atoms with Crippen LogP contribution in [0.25, 0.3) is 10.9 Å². The van der Waals surface area contributed by atoms with Gasteiger partial charge in [-0.15, -0.1) is 0 Å². The summed E-state index contributed by atoms with van der Waals surface area (Å²) in [7, 11) is 0. The lowest BCUT2D eigenvalue weighted by molar-refractivity contribution is -0.139. The molecule has 0 radical (unpaired) electrons. The van der Waals surface area contributed by atoms with Gasteiger partial charge in [-0.05, 0) is 30.7 Å². The summed E-state index contributed by atoms with van der Waals surface area (Å²) < 4.78 is 4.82. The molecule has 2 aromatic rings. The molecule has 0 saturated heterocycles. The zero-order valence-electron chi connectivity index (χ0n) is 10.7. The number of hydrogen-bond acceptors (Lipinski definition) is 4. The van der Waals surface area contributed by atoms with Crippen molar-refractivity contribution in [2.45, 2.75) is 13.0 Å². The van der Waals surface area contributed by atoms with Crippen molar-refractivity contribution in [2.24, 2.45) is 0 Å². The number of nitrogens with zero attached hydrogens (tertiary/aromatic N) is 1. The second-order valence-corrected chi connectivity index (χ2v) is 4.10. The van der Waals surface area contributed by atoms with E-state index in [1.807, 2.05) is 12.1 Å². The molecular formula is C15H15NO3. The van der Waals surface area contributed by atoms with Gasteiger partial charge < -0.3 is 9.84 Å². The lowest BCUT2D eigenvalue weighted by atomic mass is 10.0.